The number of hydrogen-bond acceptors (Lipinski definition) is 4. The molecule has 212 valence electrons. The highest BCUT2D eigenvalue weighted by atomic mass is 19.1. The van der Waals surface area contributed by atoms with Crippen LogP contribution in [0, 0.1) is 17.6 Å². The summed E-state index contributed by atoms with van der Waals surface area (Å²) in [4.78, 5) is 16.8. The Hall–Kier alpha value is -3.58. The van der Waals surface area contributed by atoms with Gasteiger partial charge in [0.1, 0.15) is 18.2 Å². The van der Waals surface area contributed by atoms with E-state index in [-0.39, 0.29) is 18.2 Å². The molecule has 0 aliphatic carbocycles. The van der Waals surface area contributed by atoms with Gasteiger partial charge in [0, 0.05) is 18.0 Å². The monoisotopic (exact) mass is 548 g/mol. The maximum Gasteiger partial charge on any atom is 0.411 e. The highest BCUT2D eigenvalue weighted by Gasteiger charge is 2.24. The number of carbonyl (C=O) groups excluding carboxylic acids is 1. The molecule has 7 heteroatoms. The van der Waals surface area contributed by atoms with Crippen LogP contribution in [0.3, 0.4) is 0 Å². The Morgan fingerprint density at radius 3 is 2.30 bits per heavy atom. The van der Waals surface area contributed by atoms with Crippen LogP contribution in [0.1, 0.15) is 69.5 Å². The fourth-order valence-electron chi connectivity index (χ4n) is 4.93. The molecule has 0 radical (unpaired) electrons. The average Bonchev–Trinajstić information content (AvgIpc) is 3.45. The van der Waals surface area contributed by atoms with Crippen molar-refractivity contribution in [3.63, 3.8) is 0 Å². The maximum absolute atomic E-state index is 14.2. The fourth-order valence-corrected chi connectivity index (χ4v) is 4.93. The van der Waals surface area contributed by atoms with E-state index in [1.54, 1.807) is 0 Å². The summed E-state index contributed by atoms with van der Waals surface area (Å²) >= 11 is 0. The number of carbonyl (C=O) groups is 1. The van der Waals surface area contributed by atoms with Crippen LogP contribution in [0.15, 0.2) is 71.7 Å². The number of rotatable bonds is 13. The molecular weight excluding hydrogens is 510 g/mol. The van der Waals surface area contributed by atoms with Crippen molar-refractivity contribution >= 4 is 17.5 Å². The first-order valence-electron chi connectivity index (χ1n) is 14.2. The zero-order valence-corrected chi connectivity index (χ0v) is 23.3. The standard InChI is InChI=1S/C33H38F2N2O3/c1-3-5-7-23(4-2)22-39-20-21-40-33(38)36-27-16-14-25(15-17-27)24-10-12-26(13-11-24)30-18-19-31(37-30)32-28(34)8-6-9-29(32)35/h6,8-17,23,30H,3-5,7,18-22H2,1-2H3,(H,36,38). The smallest absolute Gasteiger partial charge is 0.411 e. The number of ether oxygens (including phenoxy) is 2. The zero-order valence-electron chi connectivity index (χ0n) is 23.3. The minimum atomic E-state index is -0.576. The van der Waals surface area contributed by atoms with Crippen molar-refractivity contribution in [2.75, 3.05) is 25.1 Å². The number of aliphatic imine (C=N–C) groups is 1. The third kappa shape index (κ3) is 7.98. The molecule has 0 spiro atoms. The molecule has 1 heterocycles. The number of amides is 1. The quantitative estimate of drug-likeness (QED) is 0.217. The first-order chi connectivity index (χ1) is 19.5. The van der Waals surface area contributed by atoms with Crippen molar-refractivity contribution in [1.29, 1.82) is 0 Å². The molecule has 3 aromatic rings. The second-order valence-corrected chi connectivity index (χ2v) is 10.2. The Balaban J connectivity index is 1.25. The van der Waals surface area contributed by atoms with Gasteiger partial charge in [0.2, 0.25) is 0 Å². The number of hydrogen-bond donors (Lipinski definition) is 1. The van der Waals surface area contributed by atoms with Crippen molar-refractivity contribution in [2.45, 2.75) is 58.4 Å². The summed E-state index contributed by atoms with van der Waals surface area (Å²) in [6.07, 6.45) is 5.40. The first-order valence-corrected chi connectivity index (χ1v) is 14.2. The van der Waals surface area contributed by atoms with Gasteiger partial charge in [-0.3, -0.25) is 10.3 Å². The van der Waals surface area contributed by atoms with Crippen LogP contribution in [0.25, 0.3) is 11.1 Å². The molecule has 1 N–H and O–H groups in total. The van der Waals surface area contributed by atoms with E-state index in [1.807, 2.05) is 48.5 Å². The van der Waals surface area contributed by atoms with Gasteiger partial charge in [-0.15, -0.1) is 0 Å². The molecule has 1 aliphatic rings. The fraction of sp³-hybridized carbons (Fsp3) is 0.394. The lowest BCUT2D eigenvalue weighted by atomic mass is 9.99. The second-order valence-electron chi connectivity index (χ2n) is 10.2. The van der Waals surface area contributed by atoms with Crippen molar-refractivity contribution in [3.05, 3.63) is 89.5 Å². The van der Waals surface area contributed by atoms with E-state index in [0.717, 1.165) is 23.1 Å². The van der Waals surface area contributed by atoms with E-state index < -0.39 is 17.7 Å². The number of nitrogens with one attached hydrogen (secondary N) is 1. The van der Waals surface area contributed by atoms with Gasteiger partial charge in [-0.2, -0.15) is 0 Å². The average molecular weight is 549 g/mol. The van der Waals surface area contributed by atoms with Crippen LogP contribution < -0.4 is 5.32 Å². The summed E-state index contributed by atoms with van der Waals surface area (Å²) < 4.78 is 39.3. The van der Waals surface area contributed by atoms with Crippen LogP contribution in [0.2, 0.25) is 0 Å². The predicted octanol–water partition coefficient (Wildman–Crippen LogP) is 8.74. The van der Waals surface area contributed by atoms with Gasteiger partial charge in [-0.1, -0.05) is 75.6 Å². The summed E-state index contributed by atoms with van der Waals surface area (Å²) in [5.41, 5.74) is 4.12. The molecule has 0 bridgehead atoms. The minimum absolute atomic E-state index is 0.0181. The molecule has 2 unspecified atom stereocenters. The Morgan fingerprint density at radius 2 is 1.65 bits per heavy atom. The van der Waals surface area contributed by atoms with Gasteiger partial charge >= 0.3 is 6.09 Å². The largest absolute Gasteiger partial charge is 0.447 e. The molecule has 40 heavy (non-hydrogen) atoms. The summed E-state index contributed by atoms with van der Waals surface area (Å²) in [5.74, 6) is -0.592. The van der Waals surface area contributed by atoms with Crippen molar-refractivity contribution in [2.24, 2.45) is 10.9 Å². The van der Waals surface area contributed by atoms with Crippen molar-refractivity contribution in [1.82, 2.24) is 0 Å². The number of nitrogens with zero attached hydrogens (tertiary/aromatic N) is 1. The van der Waals surface area contributed by atoms with Crippen LogP contribution in [0.4, 0.5) is 19.3 Å². The van der Waals surface area contributed by atoms with Gasteiger partial charge in [0.05, 0.1) is 18.2 Å². The summed E-state index contributed by atoms with van der Waals surface area (Å²) in [6, 6.07) is 19.3. The lowest BCUT2D eigenvalue weighted by Crippen LogP contribution is -2.18. The van der Waals surface area contributed by atoms with Gasteiger partial charge in [0.15, 0.2) is 0 Å². The van der Waals surface area contributed by atoms with E-state index in [9.17, 15) is 13.6 Å². The minimum Gasteiger partial charge on any atom is -0.447 e. The van der Waals surface area contributed by atoms with Crippen LogP contribution in [-0.2, 0) is 9.47 Å². The molecular formula is C33H38F2N2O3. The van der Waals surface area contributed by atoms with E-state index in [2.05, 4.69) is 24.2 Å². The highest BCUT2D eigenvalue weighted by Crippen LogP contribution is 2.33. The molecule has 2 atom stereocenters. The van der Waals surface area contributed by atoms with Gasteiger partial charge < -0.3 is 9.47 Å². The van der Waals surface area contributed by atoms with Gasteiger partial charge in [0.25, 0.3) is 0 Å². The lowest BCUT2D eigenvalue weighted by Gasteiger charge is -2.14. The Labute approximate surface area is 235 Å². The molecule has 0 saturated carbocycles. The Bertz CT molecular complexity index is 1260. The van der Waals surface area contributed by atoms with E-state index in [4.69, 9.17) is 9.47 Å². The number of benzene rings is 3. The van der Waals surface area contributed by atoms with Crippen molar-refractivity contribution < 1.29 is 23.0 Å². The molecule has 4 rings (SSSR count). The van der Waals surface area contributed by atoms with Crippen LogP contribution >= 0.6 is 0 Å². The summed E-state index contributed by atoms with van der Waals surface area (Å²) in [5, 5.41) is 2.75. The Kier molecular flexibility index (Phi) is 10.8. The molecule has 3 aromatic carbocycles. The summed E-state index contributed by atoms with van der Waals surface area (Å²) in [7, 11) is 0. The highest BCUT2D eigenvalue weighted by molar-refractivity contribution is 6.02. The first kappa shape index (κ1) is 29.4. The molecule has 0 saturated heterocycles. The number of anilines is 1. The molecule has 1 aliphatic heterocycles. The predicted molar refractivity (Wildman–Crippen MR) is 156 cm³/mol. The number of unbranched alkanes of at least 4 members (excludes halogenated alkanes) is 1. The number of halogens is 2. The molecule has 0 aromatic heterocycles. The SMILES string of the molecule is CCCCC(CC)COCCOC(=O)Nc1ccc(-c2ccc(C3CCC(c4c(F)cccc4F)=N3)cc2)cc1. The Morgan fingerprint density at radius 1 is 0.975 bits per heavy atom. The van der Waals surface area contributed by atoms with Crippen molar-refractivity contribution in [3.8, 4) is 11.1 Å². The third-order valence-corrected chi connectivity index (χ3v) is 7.34. The van der Waals surface area contributed by atoms with Crippen LogP contribution in [-0.4, -0.2) is 31.6 Å². The van der Waals surface area contributed by atoms with Crippen LogP contribution in [0.5, 0.6) is 0 Å². The second kappa shape index (κ2) is 14.7. The lowest BCUT2D eigenvalue weighted by molar-refractivity contribution is 0.0559. The third-order valence-electron chi connectivity index (χ3n) is 7.34. The topological polar surface area (TPSA) is 59.9 Å². The van der Waals surface area contributed by atoms with Gasteiger partial charge in [-0.05, 0) is 66.1 Å². The maximum atomic E-state index is 14.2. The van der Waals surface area contributed by atoms with E-state index in [1.165, 1.54) is 37.5 Å². The van der Waals surface area contributed by atoms with E-state index in [0.29, 0.717) is 43.4 Å². The zero-order chi connectivity index (χ0) is 28.3. The normalized spacial score (nSPS) is 15.5. The molecule has 5 nitrogen and oxygen atoms in total. The summed E-state index contributed by atoms with van der Waals surface area (Å²) in [6.45, 7) is 5.67. The molecule has 0 fully saturated rings. The van der Waals surface area contributed by atoms with E-state index >= 15 is 0 Å². The molecule has 1 amide bonds. The van der Waals surface area contributed by atoms with Gasteiger partial charge in [-0.25, -0.2) is 13.6 Å².